The summed E-state index contributed by atoms with van der Waals surface area (Å²) in [6.45, 7) is 4.08. The van der Waals surface area contributed by atoms with Crippen LogP contribution in [0.4, 0.5) is 0 Å². The van der Waals surface area contributed by atoms with Gasteiger partial charge in [0.1, 0.15) is 0 Å². The number of benzene rings is 1. The molecule has 31 heavy (non-hydrogen) atoms. The van der Waals surface area contributed by atoms with E-state index in [9.17, 15) is 14.4 Å². The molecule has 4 rings (SSSR count). The second-order valence-corrected chi connectivity index (χ2v) is 8.64. The fourth-order valence-corrected chi connectivity index (χ4v) is 4.50. The first-order valence-electron chi connectivity index (χ1n) is 10.9. The minimum absolute atomic E-state index is 0.0598. The van der Waals surface area contributed by atoms with Gasteiger partial charge in [-0.1, -0.05) is 29.8 Å². The Balaban J connectivity index is 1.32. The van der Waals surface area contributed by atoms with E-state index in [0.29, 0.717) is 51.2 Å². The largest absolute Gasteiger partial charge is 0.459 e. The Labute approximate surface area is 182 Å². The average Bonchev–Trinajstić information content (AvgIpc) is 3.44. The van der Waals surface area contributed by atoms with E-state index in [1.165, 1.54) is 17.4 Å². The summed E-state index contributed by atoms with van der Waals surface area (Å²) in [6.07, 6.45) is 4.49. The third-order valence-electron chi connectivity index (χ3n) is 6.37. The minimum atomic E-state index is -0.362. The standard InChI is InChI=1S/C24H29N3O4/c1-18-4-6-19(7-5-18)17-24(10-8-21(28)25-24)11-9-22(29)26-12-14-27(15-13-26)23(30)20-3-2-16-31-20/h2-7,16H,8-15,17H2,1H3,(H,25,28). The van der Waals surface area contributed by atoms with Gasteiger partial charge in [0.05, 0.1) is 6.26 Å². The SMILES string of the molecule is Cc1ccc(CC2(CCC(=O)N3CCN(C(=O)c4ccco4)CC3)CCC(=O)N2)cc1. The Kier molecular flexibility index (Phi) is 6.11. The molecule has 3 heterocycles. The molecule has 0 bridgehead atoms. The first kappa shape index (κ1) is 21.2. The summed E-state index contributed by atoms with van der Waals surface area (Å²) in [5.74, 6) is 0.330. The van der Waals surface area contributed by atoms with Crippen LogP contribution in [0.1, 0.15) is 47.4 Å². The molecule has 2 fully saturated rings. The molecular formula is C24H29N3O4. The normalized spacial score (nSPS) is 21.3. The zero-order valence-corrected chi connectivity index (χ0v) is 17.9. The van der Waals surface area contributed by atoms with E-state index in [1.54, 1.807) is 17.0 Å². The summed E-state index contributed by atoms with van der Waals surface area (Å²) in [5.41, 5.74) is 2.01. The van der Waals surface area contributed by atoms with Gasteiger partial charge in [-0.05, 0) is 43.9 Å². The average molecular weight is 424 g/mol. The number of hydrogen-bond donors (Lipinski definition) is 1. The highest BCUT2D eigenvalue weighted by Crippen LogP contribution is 2.30. The first-order chi connectivity index (χ1) is 14.9. The summed E-state index contributed by atoms with van der Waals surface area (Å²) in [5, 5.41) is 3.15. The number of aryl methyl sites for hydroxylation is 1. The number of rotatable bonds is 6. The van der Waals surface area contributed by atoms with E-state index < -0.39 is 0 Å². The number of carbonyl (C=O) groups is 3. The molecule has 0 saturated carbocycles. The zero-order valence-electron chi connectivity index (χ0n) is 17.9. The van der Waals surface area contributed by atoms with Crippen molar-refractivity contribution in [2.24, 2.45) is 0 Å². The summed E-state index contributed by atoms with van der Waals surface area (Å²) < 4.78 is 5.19. The van der Waals surface area contributed by atoms with E-state index in [-0.39, 0.29) is 23.3 Å². The molecule has 1 N–H and O–H groups in total. The van der Waals surface area contributed by atoms with Gasteiger partial charge in [0.2, 0.25) is 11.8 Å². The highest BCUT2D eigenvalue weighted by Gasteiger charge is 2.38. The Bertz CT molecular complexity index is 930. The Hall–Kier alpha value is -3.09. The predicted octanol–water partition coefficient (Wildman–Crippen LogP) is 2.54. The van der Waals surface area contributed by atoms with Gasteiger partial charge in [-0.3, -0.25) is 14.4 Å². The third-order valence-corrected chi connectivity index (χ3v) is 6.37. The summed E-state index contributed by atoms with van der Waals surface area (Å²) >= 11 is 0. The van der Waals surface area contributed by atoms with Crippen molar-refractivity contribution >= 4 is 17.7 Å². The van der Waals surface area contributed by atoms with Crippen molar-refractivity contribution in [3.05, 3.63) is 59.5 Å². The zero-order chi connectivity index (χ0) is 21.8. The quantitative estimate of drug-likeness (QED) is 0.774. The van der Waals surface area contributed by atoms with Crippen molar-refractivity contribution in [1.82, 2.24) is 15.1 Å². The lowest BCUT2D eigenvalue weighted by Gasteiger charge is -2.35. The van der Waals surface area contributed by atoms with Gasteiger partial charge < -0.3 is 19.5 Å². The van der Waals surface area contributed by atoms with Crippen LogP contribution in [0, 0.1) is 6.92 Å². The van der Waals surface area contributed by atoms with E-state index in [4.69, 9.17) is 4.42 Å². The van der Waals surface area contributed by atoms with Crippen LogP contribution < -0.4 is 5.32 Å². The summed E-state index contributed by atoms with van der Waals surface area (Å²) in [7, 11) is 0. The van der Waals surface area contributed by atoms with Crippen molar-refractivity contribution in [2.45, 2.75) is 44.6 Å². The van der Waals surface area contributed by atoms with Crippen molar-refractivity contribution < 1.29 is 18.8 Å². The van der Waals surface area contributed by atoms with Gasteiger partial charge in [0, 0.05) is 44.6 Å². The Morgan fingerprint density at radius 3 is 2.39 bits per heavy atom. The molecule has 0 aliphatic carbocycles. The first-order valence-corrected chi connectivity index (χ1v) is 10.9. The molecule has 2 aliphatic heterocycles. The monoisotopic (exact) mass is 423 g/mol. The number of furan rings is 1. The van der Waals surface area contributed by atoms with E-state index in [2.05, 4.69) is 36.5 Å². The highest BCUT2D eigenvalue weighted by molar-refractivity contribution is 5.91. The van der Waals surface area contributed by atoms with Crippen molar-refractivity contribution in [3.8, 4) is 0 Å². The maximum atomic E-state index is 12.9. The van der Waals surface area contributed by atoms with Crippen LogP contribution in [-0.2, 0) is 16.0 Å². The molecule has 2 aromatic rings. The topological polar surface area (TPSA) is 82.9 Å². The van der Waals surface area contributed by atoms with Crippen LogP contribution in [0.15, 0.2) is 47.1 Å². The minimum Gasteiger partial charge on any atom is -0.459 e. The molecule has 2 saturated heterocycles. The molecule has 7 heteroatoms. The lowest BCUT2D eigenvalue weighted by atomic mass is 9.84. The number of nitrogens with one attached hydrogen (secondary N) is 1. The van der Waals surface area contributed by atoms with E-state index in [1.807, 2.05) is 4.90 Å². The molecule has 0 spiro atoms. The van der Waals surface area contributed by atoms with E-state index >= 15 is 0 Å². The number of piperazine rings is 1. The fraction of sp³-hybridized carbons (Fsp3) is 0.458. The summed E-state index contributed by atoms with van der Waals surface area (Å²) in [6, 6.07) is 11.7. The number of amides is 3. The predicted molar refractivity (Wildman–Crippen MR) is 115 cm³/mol. The molecule has 7 nitrogen and oxygen atoms in total. The Morgan fingerprint density at radius 2 is 1.77 bits per heavy atom. The van der Waals surface area contributed by atoms with Crippen molar-refractivity contribution in [3.63, 3.8) is 0 Å². The molecule has 164 valence electrons. The van der Waals surface area contributed by atoms with Gasteiger partial charge in [-0.25, -0.2) is 0 Å². The molecule has 1 aromatic carbocycles. The third kappa shape index (κ3) is 4.98. The molecule has 0 radical (unpaired) electrons. The highest BCUT2D eigenvalue weighted by atomic mass is 16.3. The van der Waals surface area contributed by atoms with Crippen LogP contribution in [0.5, 0.6) is 0 Å². The maximum absolute atomic E-state index is 12.9. The van der Waals surface area contributed by atoms with Crippen molar-refractivity contribution in [2.75, 3.05) is 26.2 Å². The van der Waals surface area contributed by atoms with Gasteiger partial charge >= 0.3 is 0 Å². The van der Waals surface area contributed by atoms with Gasteiger partial charge in [-0.2, -0.15) is 0 Å². The smallest absolute Gasteiger partial charge is 0.289 e. The number of carbonyl (C=O) groups excluding carboxylic acids is 3. The Morgan fingerprint density at radius 1 is 1.06 bits per heavy atom. The van der Waals surface area contributed by atoms with Crippen LogP contribution in [0.25, 0.3) is 0 Å². The van der Waals surface area contributed by atoms with Crippen molar-refractivity contribution in [1.29, 1.82) is 0 Å². The van der Waals surface area contributed by atoms with Crippen LogP contribution in [-0.4, -0.2) is 59.2 Å². The lowest BCUT2D eigenvalue weighted by molar-refractivity contribution is -0.133. The van der Waals surface area contributed by atoms with Crippen LogP contribution in [0.2, 0.25) is 0 Å². The maximum Gasteiger partial charge on any atom is 0.289 e. The molecule has 1 atom stereocenters. The fourth-order valence-electron chi connectivity index (χ4n) is 4.50. The summed E-state index contributed by atoms with van der Waals surface area (Å²) in [4.78, 5) is 40.8. The number of nitrogens with zero attached hydrogens (tertiary/aromatic N) is 2. The van der Waals surface area contributed by atoms with E-state index in [0.717, 1.165) is 12.8 Å². The molecule has 1 aromatic heterocycles. The molecular weight excluding hydrogens is 394 g/mol. The molecule has 1 unspecified atom stereocenters. The van der Waals surface area contributed by atoms with Crippen LogP contribution >= 0.6 is 0 Å². The van der Waals surface area contributed by atoms with Gasteiger partial charge in [0.15, 0.2) is 5.76 Å². The number of hydrogen-bond acceptors (Lipinski definition) is 4. The van der Waals surface area contributed by atoms with Crippen LogP contribution in [0.3, 0.4) is 0 Å². The second kappa shape index (κ2) is 8.96. The van der Waals surface area contributed by atoms with Gasteiger partial charge in [-0.15, -0.1) is 0 Å². The lowest BCUT2D eigenvalue weighted by Crippen LogP contribution is -2.51. The molecule has 2 aliphatic rings. The molecule has 3 amide bonds. The second-order valence-electron chi connectivity index (χ2n) is 8.64. The van der Waals surface area contributed by atoms with Gasteiger partial charge in [0.25, 0.3) is 5.91 Å².